The van der Waals surface area contributed by atoms with Gasteiger partial charge in [0, 0.05) is 68.0 Å². The summed E-state index contributed by atoms with van der Waals surface area (Å²) in [5, 5.41) is 6.89. The number of fused-ring (bicyclic) bond motifs is 13. The predicted octanol–water partition coefficient (Wildman–Crippen LogP) is 13.4. The van der Waals surface area contributed by atoms with Gasteiger partial charge in [-0.15, -0.1) is 0 Å². The minimum absolute atomic E-state index is 0.258. The third-order valence-corrected chi connectivity index (χ3v) is 12.2. The second-order valence-corrected chi connectivity index (χ2v) is 15.1. The molecule has 0 fully saturated rings. The van der Waals surface area contributed by atoms with Crippen molar-refractivity contribution in [2.75, 3.05) is 9.80 Å². The van der Waals surface area contributed by atoms with Gasteiger partial charge in [-0.25, -0.2) is 0 Å². The molecule has 258 valence electrons. The number of hydrogen-bond donors (Lipinski definition) is 0. The van der Waals surface area contributed by atoms with Crippen molar-refractivity contribution in [3.63, 3.8) is 0 Å². The Balaban J connectivity index is 1.01. The van der Waals surface area contributed by atoms with Gasteiger partial charge in [-0.3, -0.25) is 0 Å². The smallest absolute Gasteiger partial charge is 0.137 e. The van der Waals surface area contributed by atoms with E-state index in [1.807, 2.05) is 0 Å². The van der Waals surface area contributed by atoms with Crippen LogP contribution < -0.4 is 9.80 Å². The Hall–Kier alpha value is -6.52. The van der Waals surface area contributed by atoms with Crippen LogP contribution in [0.1, 0.15) is 23.1 Å². The van der Waals surface area contributed by atoms with Crippen molar-refractivity contribution in [3.8, 4) is 0 Å². The molecule has 0 spiro atoms. The van der Waals surface area contributed by atoms with E-state index in [-0.39, 0.29) is 6.04 Å². The monoisotopic (exact) mass is 696 g/mol. The predicted molar refractivity (Wildman–Crippen MR) is 223 cm³/mol. The standard InChI is InChI=1S/C50H36N2O2/c1-5-13-41-31(9-1)17-18-32-10-2-6-14-42(32)51(41)35-21-23-39-47(29-35)53-45-27-25-38-37(49(39)45)26-28-46-50(38)40-24-22-36(30-48(40)54-46)52-43-15-7-3-11-33(43)19-20-34-12-4-8-16-44(34)52/h1-16,21-31,41H,17-20H2. The summed E-state index contributed by atoms with van der Waals surface area (Å²) >= 11 is 0. The maximum atomic E-state index is 6.69. The van der Waals surface area contributed by atoms with Crippen molar-refractivity contribution >= 4 is 83.1 Å². The number of furan rings is 2. The number of allylic oxidation sites excluding steroid dienone is 2. The highest BCUT2D eigenvalue weighted by Gasteiger charge is 2.31. The Bertz CT molecular complexity index is 3000. The van der Waals surface area contributed by atoms with Gasteiger partial charge in [-0.2, -0.15) is 0 Å². The van der Waals surface area contributed by atoms with Gasteiger partial charge in [0.25, 0.3) is 0 Å². The van der Waals surface area contributed by atoms with E-state index in [1.54, 1.807) is 0 Å². The Kier molecular flexibility index (Phi) is 6.38. The number of benzene rings is 7. The third kappa shape index (κ3) is 4.37. The van der Waals surface area contributed by atoms with Crippen molar-refractivity contribution in [1.29, 1.82) is 0 Å². The Morgan fingerprint density at radius 1 is 0.444 bits per heavy atom. The molecule has 2 aliphatic heterocycles. The first kappa shape index (κ1) is 30.0. The van der Waals surface area contributed by atoms with Gasteiger partial charge in [0.1, 0.15) is 22.3 Å². The molecule has 0 amide bonds. The van der Waals surface area contributed by atoms with Gasteiger partial charge >= 0.3 is 0 Å². The largest absolute Gasteiger partial charge is 0.456 e. The van der Waals surface area contributed by atoms with E-state index in [9.17, 15) is 0 Å². The highest BCUT2D eigenvalue weighted by Crippen LogP contribution is 2.47. The molecular formula is C50H36N2O2. The van der Waals surface area contributed by atoms with Crippen molar-refractivity contribution in [2.45, 2.75) is 31.7 Å². The van der Waals surface area contributed by atoms with Crippen LogP contribution in [0.2, 0.25) is 0 Å². The SMILES string of the molecule is C1=CC2CCc3ccccc3N(c3ccc4c(c3)oc3ccc5c(ccc6oc7cc(N8c9ccccc9CCc9ccccc98)ccc7c65)c34)C2C=C1. The number of hydrogen-bond acceptors (Lipinski definition) is 4. The molecule has 2 atom stereocenters. The van der Waals surface area contributed by atoms with Crippen LogP contribution in [0.25, 0.3) is 54.6 Å². The molecule has 0 saturated heterocycles. The second-order valence-electron chi connectivity index (χ2n) is 15.1. The molecule has 2 unspecified atom stereocenters. The van der Waals surface area contributed by atoms with Crippen LogP contribution >= 0.6 is 0 Å². The molecule has 0 radical (unpaired) electrons. The summed E-state index contributed by atoms with van der Waals surface area (Å²) in [5.74, 6) is 0.456. The van der Waals surface area contributed by atoms with E-state index in [0.29, 0.717) is 5.92 Å². The topological polar surface area (TPSA) is 32.8 Å². The van der Waals surface area contributed by atoms with Crippen LogP contribution in [0, 0.1) is 5.92 Å². The maximum Gasteiger partial charge on any atom is 0.137 e. The molecule has 4 heterocycles. The number of rotatable bonds is 2. The van der Waals surface area contributed by atoms with E-state index < -0.39 is 0 Å². The van der Waals surface area contributed by atoms with Gasteiger partial charge in [0.2, 0.25) is 0 Å². The zero-order valence-corrected chi connectivity index (χ0v) is 29.7. The lowest BCUT2D eigenvalue weighted by Gasteiger charge is -2.35. The third-order valence-electron chi connectivity index (χ3n) is 12.2. The first-order valence-corrected chi connectivity index (χ1v) is 19.2. The average molecular weight is 697 g/mol. The Labute approximate surface area is 312 Å². The zero-order valence-electron chi connectivity index (χ0n) is 29.7. The van der Waals surface area contributed by atoms with Gasteiger partial charge in [-0.1, -0.05) is 78.9 Å². The summed E-state index contributed by atoms with van der Waals surface area (Å²) in [6.45, 7) is 0. The number of anilines is 5. The highest BCUT2D eigenvalue weighted by molar-refractivity contribution is 6.27. The van der Waals surface area contributed by atoms with Gasteiger partial charge in [0.05, 0.1) is 6.04 Å². The fourth-order valence-electron chi connectivity index (χ4n) is 9.72. The minimum Gasteiger partial charge on any atom is -0.456 e. The van der Waals surface area contributed by atoms with E-state index in [4.69, 9.17) is 8.83 Å². The molecule has 1 aliphatic carbocycles. The molecule has 0 bridgehead atoms. The molecule has 4 nitrogen and oxygen atoms in total. The molecule has 4 heteroatoms. The Morgan fingerprint density at radius 2 is 0.963 bits per heavy atom. The van der Waals surface area contributed by atoms with Crippen molar-refractivity contribution in [1.82, 2.24) is 0 Å². The normalized spacial score (nSPS) is 17.9. The lowest BCUT2D eigenvalue weighted by atomic mass is 9.90. The number of aryl methyl sites for hydroxylation is 3. The molecule has 12 rings (SSSR count). The van der Waals surface area contributed by atoms with Crippen LogP contribution in [-0.4, -0.2) is 6.04 Å². The molecule has 9 aromatic rings. The lowest BCUT2D eigenvalue weighted by Crippen LogP contribution is -2.35. The quantitative estimate of drug-likeness (QED) is 0.180. The van der Waals surface area contributed by atoms with Crippen LogP contribution in [0.15, 0.2) is 167 Å². The second kappa shape index (κ2) is 11.5. The van der Waals surface area contributed by atoms with E-state index in [0.717, 1.165) is 80.9 Å². The van der Waals surface area contributed by atoms with Crippen LogP contribution in [0.5, 0.6) is 0 Å². The molecule has 54 heavy (non-hydrogen) atoms. The average Bonchev–Trinajstić information content (AvgIpc) is 3.67. The van der Waals surface area contributed by atoms with Crippen molar-refractivity contribution < 1.29 is 8.83 Å². The fraction of sp³-hybridized carbons (Fsp3) is 0.120. The zero-order chi connectivity index (χ0) is 35.3. The van der Waals surface area contributed by atoms with Gasteiger partial charge < -0.3 is 18.6 Å². The van der Waals surface area contributed by atoms with Crippen molar-refractivity contribution in [3.05, 3.63) is 174 Å². The highest BCUT2D eigenvalue weighted by atomic mass is 16.3. The summed E-state index contributed by atoms with van der Waals surface area (Å²) in [6, 6.07) is 48.9. The summed E-state index contributed by atoms with van der Waals surface area (Å²) in [7, 11) is 0. The molecule has 7 aromatic carbocycles. The van der Waals surface area contributed by atoms with Gasteiger partial charge in [-0.05, 0) is 120 Å². The van der Waals surface area contributed by atoms with Crippen LogP contribution in [0.3, 0.4) is 0 Å². The molecule has 2 aromatic heterocycles. The fourth-order valence-corrected chi connectivity index (χ4v) is 9.72. The molecule has 0 N–H and O–H groups in total. The first-order chi connectivity index (χ1) is 26.8. The first-order valence-electron chi connectivity index (χ1n) is 19.2. The van der Waals surface area contributed by atoms with E-state index in [1.165, 1.54) is 44.5 Å². The Morgan fingerprint density at radius 3 is 1.61 bits per heavy atom. The van der Waals surface area contributed by atoms with Gasteiger partial charge in [0.15, 0.2) is 0 Å². The minimum atomic E-state index is 0.258. The van der Waals surface area contributed by atoms with Crippen LogP contribution in [0.4, 0.5) is 28.4 Å². The van der Waals surface area contributed by atoms with Crippen molar-refractivity contribution in [2.24, 2.45) is 5.92 Å². The molecule has 3 aliphatic rings. The molecule has 0 saturated carbocycles. The van der Waals surface area contributed by atoms with E-state index in [2.05, 4.69) is 168 Å². The lowest BCUT2D eigenvalue weighted by molar-refractivity contribution is 0.535. The van der Waals surface area contributed by atoms with Crippen LogP contribution in [-0.2, 0) is 19.3 Å². The summed E-state index contributed by atoms with van der Waals surface area (Å²) < 4.78 is 13.4. The summed E-state index contributed by atoms with van der Waals surface area (Å²) in [6.07, 6.45) is 13.4. The maximum absolute atomic E-state index is 6.69. The number of nitrogens with zero attached hydrogens (tertiary/aromatic N) is 2. The summed E-state index contributed by atoms with van der Waals surface area (Å²) in [5.41, 5.74) is 13.7. The van der Waals surface area contributed by atoms with E-state index >= 15 is 0 Å². The molecular weight excluding hydrogens is 661 g/mol. The number of para-hydroxylation sites is 3. The summed E-state index contributed by atoms with van der Waals surface area (Å²) in [4.78, 5) is 4.93.